The van der Waals surface area contributed by atoms with Crippen molar-refractivity contribution >= 4 is 5.91 Å². The molecule has 2 heterocycles. The third-order valence-electron chi connectivity index (χ3n) is 5.28. The second kappa shape index (κ2) is 5.84. The number of hydrogen-bond acceptors (Lipinski definition) is 2. The molecule has 116 valence electrons. The van der Waals surface area contributed by atoms with Crippen LogP contribution in [0.25, 0.3) is 0 Å². The second-order valence-electron chi connectivity index (χ2n) is 7.19. The van der Waals surface area contributed by atoms with E-state index in [0.29, 0.717) is 12.1 Å². The quantitative estimate of drug-likeness (QED) is 0.898. The Labute approximate surface area is 127 Å². The molecule has 3 rings (SSSR count). The molecule has 2 fully saturated rings. The molecule has 2 aliphatic rings. The molecule has 1 aromatic rings. The Balaban J connectivity index is 1.72. The van der Waals surface area contributed by atoms with Crippen LogP contribution in [0.3, 0.4) is 0 Å². The third-order valence-corrected chi connectivity index (χ3v) is 5.28. The van der Waals surface area contributed by atoms with Gasteiger partial charge in [-0.25, -0.2) is 0 Å². The van der Waals surface area contributed by atoms with Crippen molar-refractivity contribution in [2.75, 3.05) is 13.1 Å². The van der Waals surface area contributed by atoms with E-state index >= 15 is 0 Å². The fourth-order valence-corrected chi connectivity index (χ4v) is 3.82. The Bertz CT molecular complexity index is 500. The Morgan fingerprint density at radius 3 is 2.76 bits per heavy atom. The van der Waals surface area contributed by atoms with Crippen molar-refractivity contribution in [3.63, 3.8) is 0 Å². The molecule has 0 aromatic carbocycles. The molecule has 0 spiro atoms. The van der Waals surface area contributed by atoms with Crippen molar-refractivity contribution in [1.82, 2.24) is 15.2 Å². The van der Waals surface area contributed by atoms with Crippen LogP contribution in [0.15, 0.2) is 18.3 Å². The van der Waals surface area contributed by atoms with Crippen LogP contribution in [-0.2, 0) is 0 Å². The van der Waals surface area contributed by atoms with Crippen LogP contribution in [0.2, 0.25) is 0 Å². The largest absolute Gasteiger partial charge is 0.347 e. The summed E-state index contributed by atoms with van der Waals surface area (Å²) in [5.74, 6) is 0.0958. The van der Waals surface area contributed by atoms with E-state index < -0.39 is 0 Å². The van der Waals surface area contributed by atoms with Crippen LogP contribution in [0.5, 0.6) is 0 Å². The SMILES string of the molecule is CC1(C)CCCC1NC(=O)c1cccn1C1CCNCC1. The van der Waals surface area contributed by atoms with Crippen molar-refractivity contribution < 1.29 is 4.79 Å². The molecule has 1 unspecified atom stereocenters. The zero-order chi connectivity index (χ0) is 14.9. The molecular weight excluding hydrogens is 262 g/mol. The summed E-state index contributed by atoms with van der Waals surface area (Å²) in [4.78, 5) is 12.7. The third kappa shape index (κ3) is 3.00. The topological polar surface area (TPSA) is 46.1 Å². The molecule has 1 aliphatic carbocycles. The van der Waals surface area contributed by atoms with Crippen molar-refractivity contribution in [2.24, 2.45) is 5.41 Å². The minimum absolute atomic E-state index is 0.0958. The zero-order valence-corrected chi connectivity index (χ0v) is 13.2. The Morgan fingerprint density at radius 2 is 2.10 bits per heavy atom. The van der Waals surface area contributed by atoms with Gasteiger partial charge in [-0.15, -0.1) is 0 Å². The molecule has 1 amide bonds. The second-order valence-corrected chi connectivity index (χ2v) is 7.19. The summed E-state index contributed by atoms with van der Waals surface area (Å²) in [6.45, 7) is 6.60. The first-order valence-corrected chi connectivity index (χ1v) is 8.26. The van der Waals surface area contributed by atoms with Gasteiger partial charge >= 0.3 is 0 Å². The molecule has 1 saturated carbocycles. The number of hydrogen-bond donors (Lipinski definition) is 2. The van der Waals surface area contributed by atoms with E-state index in [2.05, 4.69) is 35.2 Å². The fraction of sp³-hybridized carbons (Fsp3) is 0.706. The van der Waals surface area contributed by atoms with Crippen molar-refractivity contribution in [3.8, 4) is 0 Å². The molecule has 1 aromatic heterocycles. The van der Waals surface area contributed by atoms with Crippen LogP contribution < -0.4 is 10.6 Å². The standard InChI is InChI=1S/C17H27N3O/c1-17(2)9-3-6-15(17)19-16(21)14-5-4-12-20(14)13-7-10-18-11-8-13/h4-5,12-13,15,18H,3,6-11H2,1-2H3,(H,19,21). The molecule has 1 atom stereocenters. The summed E-state index contributed by atoms with van der Waals surface area (Å²) in [7, 11) is 0. The van der Waals surface area contributed by atoms with Gasteiger partial charge in [0.05, 0.1) is 0 Å². The van der Waals surface area contributed by atoms with Crippen LogP contribution in [0.1, 0.15) is 62.5 Å². The molecule has 1 saturated heterocycles. The summed E-state index contributed by atoms with van der Waals surface area (Å²) in [6.07, 6.45) is 7.78. The Morgan fingerprint density at radius 1 is 1.33 bits per heavy atom. The fourth-order valence-electron chi connectivity index (χ4n) is 3.82. The van der Waals surface area contributed by atoms with Gasteiger partial charge in [0.25, 0.3) is 5.91 Å². The summed E-state index contributed by atoms with van der Waals surface area (Å²) >= 11 is 0. The predicted octanol–water partition coefficient (Wildman–Crippen LogP) is 2.72. The van der Waals surface area contributed by atoms with E-state index in [4.69, 9.17) is 0 Å². The van der Waals surface area contributed by atoms with Gasteiger partial charge in [0.2, 0.25) is 0 Å². The van der Waals surface area contributed by atoms with Gasteiger partial charge in [0.15, 0.2) is 0 Å². The first-order valence-electron chi connectivity index (χ1n) is 8.26. The summed E-state index contributed by atoms with van der Waals surface area (Å²) in [6, 6.07) is 4.72. The van der Waals surface area contributed by atoms with E-state index in [1.54, 1.807) is 0 Å². The maximum atomic E-state index is 12.7. The van der Waals surface area contributed by atoms with Gasteiger partial charge in [-0.2, -0.15) is 0 Å². The number of rotatable bonds is 3. The van der Waals surface area contributed by atoms with Crippen molar-refractivity contribution in [3.05, 3.63) is 24.0 Å². The molecular formula is C17H27N3O. The molecule has 0 radical (unpaired) electrons. The zero-order valence-electron chi connectivity index (χ0n) is 13.2. The highest BCUT2D eigenvalue weighted by molar-refractivity contribution is 5.93. The lowest BCUT2D eigenvalue weighted by atomic mass is 9.87. The highest BCUT2D eigenvalue weighted by atomic mass is 16.2. The number of carbonyl (C=O) groups excluding carboxylic acids is 1. The Hall–Kier alpha value is -1.29. The summed E-state index contributed by atoms with van der Waals surface area (Å²) < 4.78 is 2.18. The van der Waals surface area contributed by atoms with Gasteiger partial charge in [-0.1, -0.05) is 20.3 Å². The predicted molar refractivity (Wildman–Crippen MR) is 84.5 cm³/mol. The van der Waals surface area contributed by atoms with Gasteiger partial charge < -0.3 is 15.2 Å². The van der Waals surface area contributed by atoms with Gasteiger partial charge in [0.1, 0.15) is 5.69 Å². The van der Waals surface area contributed by atoms with Gasteiger partial charge in [-0.05, 0) is 56.3 Å². The lowest BCUT2D eigenvalue weighted by molar-refractivity contribution is 0.0897. The molecule has 4 heteroatoms. The highest BCUT2D eigenvalue weighted by Gasteiger charge is 2.36. The van der Waals surface area contributed by atoms with Crippen molar-refractivity contribution in [1.29, 1.82) is 0 Å². The number of amides is 1. The maximum Gasteiger partial charge on any atom is 0.268 e. The molecule has 1 aliphatic heterocycles. The lowest BCUT2D eigenvalue weighted by Gasteiger charge is -2.29. The number of aromatic nitrogens is 1. The lowest BCUT2D eigenvalue weighted by Crippen LogP contribution is -2.42. The number of carbonyl (C=O) groups is 1. The van der Waals surface area contributed by atoms with Crippen molar-refractivity contribution in [2.45, 2.75) is 58.0 Å². The highest BCUT2D eigenvalue weighted by Crippen LogP contribution is 2.37. The first-order chi connectivity index (χ1) is 10.1. The van der Waals surface area contributed by atoms with E-state index in [-0.39, 0.29) is 11.3 Å². The number of piperidine rings is 1. The Kier molecular flexibility index (Phi) is 4.07. The van der Waals surface area contributed by atoms with E-state index in [0.717, 1.165) is 38.0 Å². The van der Waals surface area contributed by atoms with Crippen LogP contribution >= 0.6 is 0 Å². The minimum atomic E-state index is 0.0958. The molecule has 2 N–H and O–H groups in total. The monoisotopic (exact) mass is 289 g/mol. The maximum absolute atomic E-state index is 12.7. The summed E-state index contributed by atoms with van der Waals surface area (Å²) in [5.41, 5.74) is 1.05. The van der Waals surface area contributed by atoms with E-state index in [1.165, 1.54) is 12.8 Å². The summed E-state index contributed by atoms with van der Waals surface area (Å²) in [5, 5.41) is 6.66. The smallest absolute Gasteiger partial charge is 0.268 e. The average Bonchev–Trinajstić information content (AvgIpc) is 3.07. The van der Waals surface area contributed by atoms with E-state index in [1.807, 2.05) is 12.1 Å². The van der Waals surface area contributed by atoms with Gasteiger partial charge in [0, 0.05) is 18.3 Å². The van der Waals surface area contributed by atoms with Crippen LogP contribution in [-0.4, -0.2) is 29.6 Å². The number of nitrogens with one attached hydrogen (secondary N) is 2. The first kappa shape index (κ1) is 14.6. The van der Waals surface area contributed by atoms with E-state index in [9.17, 15) is 4.79 Å². The minimum Gasteiger partial charge on any atom is -0.347 e. The molecule has 4 nitrogen and oxygen atoms in total. The molecule has 0 bridgehead atoms. The van der Waals surface area contributed by atoms with Crippen LogP contribution in [0.4, 0.5) is 0 Å². The normalized spacial score (nSPS) is 25.9. The average molecular weight is 289 g/mol. The molecule has 21 heavy (non-hydrogen) atoms. The van der Waals surface area contributed by atoms with Gasteiger partial charge in [-0.3, -0.25) is 4.79 Å². The van der Waals surface area contributed by atoms with Crippen LogP contribution in [0, 0.1) is 5.41 Å². The number of nitrogens with zero attached hydrogens (tertiary/aromatic N) is 1.